The smallest absolute Gasteiger partial charge is 0.142 e. The van der Waals surface area contributed by atoms with Crippen LogP contribution in [-0.2, 0) is 0 Å². The molecular weight excluding hydrogens is 246 g/mol. The van der Waals surface area contributed by atoms with E-state index in [4.69, 9.17) is 5.84 Å². The maximum Gasteiger partial charge on any atom is 0.142 e. The summed E-state index contributed by atoms with van der Waals surface area (Å²) in [7, 11) is 0. The van der Waals surface area contributed by atoms with Crippen LogP contribution in [0, 0.1) is 0 Å². The van der Waals surface area contributed by atoms with Crippen molar-refractivity contribution in [1.82, 2.24) is 9.97 Å². The van der Waals surface area contributed by atoms with Crippen LogP contribution >= 0.6 is 11.3 Å². The first-order valence-corrected chi connectivity index (χ1v) is 6.27. The van der Waals surface area contributed by atoms with Gasteiger partial charge in [0.05, 0.1) is 15.7 Å². The zero-order chi connectivity index (χ0) is 12.4. The van der Waals surface area contributed by atoms with Crippen LogP contribution < -0.4 is 16.6 Å². The van der Waals surface area contributed by atoms with Gasteiger partial charge < -0.3 is 10.7 Å². The average Bonchev–Trinajstić information content (AvgIpc) is 2.86. The first-order valence-electron chi connectivity index (χ1n) is 5.39. The number of nitrogens with two attached hydrogens (primary N) is 1. The highest BCUT2D eigenvalue weighted by Crippen LogP contribution is 2.24. The third-order valence-corrected chi connectivity index (χ3v) is 3.29. The first-order chi connectivity index (χ1) is 8.85. The SMILES string of the molecule is NNc1cccc(Nc2ccc3ncsc3c2)n1. The maximum absolute atomic E-state index is 5.33. The van der Waals surface area contributed by atoms with Crippen molar-refractivity contribution in [1.29, 1.82) is 0 Å². The number of pyridine rings is 1. The number of benzene rings is 1. The second-order valence-corrected chi connectivity index (χ2v) is 4.60. The van der Waals surface area contributed by atoms with Crippen molar-refractivity contribution in [3.63, 3.8) is 0 Å². The lowest BCUT2D eigenvalue weighted by molar-refractivity contribution is 1.22. The van der Waals surface area contributed by atoms with E-state index in [1.54, 1.807) is 17.4 Å². The Bertz CT molecular complexity index is 679. The van der Waals surface area contributed by atoms with E-state index >= 15 is 0 Å². The largest absolute Gasteiger partial charge is 0.340 e. The highest BCUT2D eigenvalue weighted by Gasteiger charge is 2.00. The summed E-state index contributed by atoms with van der Waals surface area (Å²) in [6.45, 7) is 0. The molecule has 0 amide bonds. The molecule has 2 aromatic heterocycles. The molecule has 0 radical (unpaired) electrons. The fraction of sp³-hybridized carbons (Fsp3) is 0. The minimum absolute atomic E-state index is 0.624. The molecule has 0 aliphatic carbocycles. The molecule has 1 aromatic carbocycles. The Morgan fingerprint density at radius 1 is 1.11 bits per heavy atom. The highest BCUT2D eigenvalue weighted by molar-refractivity contribution is 7.16. The third kappa shape index (κ3) is 2.11. The van der Waals surface area contributed by atoms with Crippen molar-refractivity contribution in [2.75, 3.05) is 10.7 Å². The number of hydrazine groups is 1. The number of hydrogen-bond donors (Lipinski definition) is 3. The standard InChI is InChI=1S/C12H11N5S/c13-17-12-3-1-2-11(16-12)15-8-4-5-9-10(6-8)18-7-14-9/h1-7H,13H2,(H2,15,16,17). The van der Waals surface area contributed by atoms with E-state index in [-0.39, 0.29) is 0 Å². The van der Waals surface area contributed by atoms with Gasteiger partial charge in [0.1, 0.15) is 11.6 Å². The molecule has 18 heavy (non-hydrogen) atoms. The second kappa shape index (κ2) is 4.59. The Balaban J connectivity index is 1.90. The van der Waals surface area contributed by atoms with Crippen LogP contribution in [0.2, 0.25) is 0 Å². The van der Waals surface area contributed by atoms with Gasteiger partial charge in [0.2, 0.25) is 0 Å². The number of nitrogen functional groups attached to an aromatic ring is 1. The number of anilines is 3. The fourth-order valence-corrected chi connectivity index (χ4v) is 2.38. The molecule has 5 nitrogen and oxygen atoms in total. The van der Waals surface area contributed by atoms with Crippen molar-refractivity contribution in [2.45, 2.75) is 0 Å². The number of aromatic nitrogens is 2. The van der Waals surface area contributed by atoms with Gasteiger partial charge in [-0.05, 0) is 30.3 Å². The van der Waals surface area contributed by atoms with E-state index in [1.165, 1.54) is 0 Å². The lowest BCUT2D eigenvalue weighted by Crippen LogP contribution is -2.08. The van der Waals surface area contributed by atoms with Crippen molar-refractivity contribution in [3.05, 3.63) is 41.9 Å². The summed E-state index contributed by atoms with van der Waals surface area (Å²) in [5, 5.41) is 3.23. The van der Waals surface area contributed by atoms with Crippen LogP contribution in [0.25, 0.3) is 10.2 Å². The topological polar surface area (TPSA) is 75.9 Å². The minimum atomic E-state index is 0.624. The molecular formula is C12H11N5S. The number of fused-ring (bicyclic) bond motifs is 1. The van der Waals surface area contributed by atoms with Gasteiger partial charge in [-0.1, -0.05) is 6.07 Å². The molecule has 0 atom stereocenters. The molecule has 0 fully saturated rings. The number of rotatable bonds is 3. The Labute approximate surface area is 108 Å². The van der Waals surface area contributed by atoms with Gasteiger partial charge in [0.15, 0.2) is 0 Å². The van der Waals surface area contributed by atoms with Gasteiger partial charge in [-0.2, -0.15) is 0 Å². The van der Waals surface area contributed by atoms with Crippen molar-refractivity contribution in [3.8, 4) is 0 Å². The number of thiazole rings is 1. The van der Waals surface area contributed by atoms with Gasteiger partial charge in [0, 0.05) is 5.69 Å². The van der Waals surface area contributed by atoms with E-state index in [0.29, 0.717) is 5.82 Å². The summed E-state index contributed by atoms with van der Waals surface area (Å²) in [5.41, 5.74) is 6.35. The quantitative estimate of drug-likeness (QED) is 0.497. The second-order valence-electron chi connectivity index (χ2n) is 3.71. The summed E-state index contributed by atoms with van der Waals surface area (Å²) in [6, 6.07) is 11.6. The number of nitrogens with one attached hydrogen (secondary N) is 2. The molecule has 0 saturated carbocycles. The Morgan fingerprint density at radius 3 is 2.89 bits per heavy atom. The van der Waals surface area contributed by atoms with Crippen molar-refractivity contribution in [2.24, 2.45) is 5.84 Å². The van der Waals surface area contributed by atoms with Crippen LogP contribution in [0.3, 0.4) is 0 Å². The van der Waals surface area contributed by atoms with Gasteiger partial charge in [-0.3, -0.25) is 0 Å². The van der Waals surface area contributed by atoms with Crippen molar-refractivity contribution < 1.29 is 0 Å². The molecule has 0 aliphatic rings. The molecule has 0 bridgehead atoms. The minimum Gasteiger partial charge on any atom is -0.340 e. The number of hydrogen-bond acceptors (Lipinski definition) is 6. The molecule has 3 rings (SSSR count). The summed E-state index contributed by atoms with van der Waals surface area (Å²) in [5.74, 6) is 6.69. The van der Waals surface area contributed by atoms with E-state index in [1.807, 2.05) is 29.8 Å². The molecule has 0 saturated heterocycles. The fourth-order valence-electron chi connectivity index (χ4n) is 1.67. The zero-order valence-electron chi connectivity index (χ0n) is 9.42. The summed E-state index contributed by atoms with van der Waals surface area (Å²) in [6.07, 6.45) is 0. The molecule has 2 heterocycles. The normalized spacial score (nSPS) is 10.5. The maximum atomic E-state index is 5.33. The highest BCUT2D eigenvalue weighted by atomic mass is 32.1. The van der Waals surface area contributed by atoms with E-state index in [9.17, 15) is 0 Å². The van der Waals surface area contributed by atoms with Crippen LogP contribution in [0.4, 0.5) is 17.3 Å². The Kier molecular flexibility index (Phi) is 2.79. The van der Waals surface area contributed by atoms with E-state index in [2.05, 4.69) is 26.8 Å². The van der Waals surface area contributed by atoms with E-state index < -0.39 is 0 Å². The Hall–Kier alpha value is -2.18. The Morgan fingerprint density at radius 2 is 2.00 bits per heavy atom. The molecule has 90 valence electrons. The summed E-state index contributed by atoms with van der Waals surface area (Å²) >= 11 is 1.62. The molecule has 0 spiro atoms. The number of nitrogens with zero attached hydrogens (tertiary/aromatic N) is 2. The molecule has 0 aliphatic heterocycles. The molecule has 3 aromatic rings. The summed E-state index contributed by atoms with van der Waals surface area (Å²) in [4.78, 5) is 8.54. The van der Waals surface area contributed by atoms with Gasteiger partial charge >= 0.3 is 0 Å². The molecule has 4 N–H and O–H groups in total. The van der Waals surface area contributed by atoms with E-state index in [0.717, 1.165) is 21.7 Å². The molecule has 6 heteroatoms. The summed E-state index contributed by atoms with van der Waals surface area (Å²) < 4.78 is 1.15. The van der Waals surface area contributed by atoms with Crippen LogP contribution in [0.1, 0.15) is 0 Å². The lowest BCUT2D eigenvalue weighted by atomic mass is 10.3. The van der Waals surface area contributed by atoms with Crippen LogP contribution in [-0.4, -0.2) is 9.97 Å². The third-order valence-electron chi connectivity index (χ3n) is 2.50. The lowest BCUT2D eigenvalue weighted by Gasteiger charge is -2.07. The average molecular weight is 257 g/mol. The van der Waals surface area contributed by atoms with Gasteiger partial charge in [0.25, 0.3) is 0 Å². The van der Waals surface area contributed by atoms with Gasteiger partial charge in [-0.15, -0.1) is 11.3 Å². The molecule has 0 unspecified atom stereocenters. The van der Waals surface area contributed by atoms with Crippen LogP contribution in [0.15, 0.2) is 41.9 Å². The zero-order valence-corrected chi connectivity index (χ0v) is 10.2. The van der Waals surface area contributed by atoms with Crippen LogP contribution in [0.5, 0.6) is 0 Å². The van der Waals surface area contributed by atoms with Crippen molar-refractivity contribution >= 4 is 38.9 Å². The van der Waals surface area contributed by atoms with Gasteiger partial charge in [-0.25, -0.2) is 15.8 Å². The predicted molar refractivity (Wildman–Crippen MR) is 74.9 cm³/mol. The first kappa shape index (κ1) is 10.9. The monoisotopic (exact) mass is 257 g/mol. The predicted octanol–water partition coefficient (Wildman–Crippen LogP) is 2.72.